The van der Waals surface area contributed by atoms with Crippen LogP contribution in [0.25, 0.3) is 5.65 Å². The number of aromatic amines is 1. The minimum Gasteiger partial charge on any atom is -0.328 e. The second-order valence-corrected chi connectivity index (χ2v) is 1.95. The van der Waals surface area contributed by atoms with Gasteiger partial charge in [0.25, 0.3) is 0 Å². The number of H-pyrrole nitrogens is 1. The molecule has 0 amide bonds. The zero-order valence-corrected chi connectivity index (χ0v) is 5.00. The standard InChI is InChI=1S/C5H6N4/c1-4-2-5-6-3-7-9(5)8-4/h2-3H,1H3,(H,6,7). The molecule has 1 N–H and O–H groups in total. The van der Waals surface area contributed by atoms with Crippen LogP contribution >= 0.6 is 0 Å². The molecule has 0 atom stereocenters. The van der Waals surface area contributed by atoms with Crippen LogP contribution in [-0.2, 0) is 0 Å². The number of nitrogens with zero attached hydrogens (tertiary/aromatic N) is 3. The average molecular weight is 122 g/mol. The van der Waals surface area contributed by atoms with Crippen LogP contribution in [0.3, 0.4) is 0 Å². The topological polar surface area (TPSA) is 46.0 Å². The van der Waals surface area contributed by atoms with Crippen LogP contribution in [0.2, 0.25) is 0 Å². The van der Waals surface area contributed by atoms with Crippen LogP contribution in [0.1, 0.15) is 5.69 Å². The first-order valence-electron chi connectivity index (χ1n) is 2.72. The van der Waals surface area contributed by atoms with Gasteiger partial charge in [0, 0.05) is 6.07 Å². The van der Waals surface area contributed by atoms with E-state index < -0.39 is 0 Å². The zero-order valence-electron chi connectivity index (χ0n) is 5.00. The number of hydrogen-bond donors (Lipinski definition) is 1. The second kappa shape index (κ2) is 1.34. The van der Waals surface area contributed by atoms with Gasteiger partial charge in [0.05, 0.1) is 5.69 Å². The molecule has 2 heterocycles. The third-order valence-electron chi connectivity index (χ3n) is 1.19. The van der Waals surface area contributed by atoms with Gasteiger partial charge in [-0.25, -0.2) is 0 Å². The van der Waals surface area contributed by atoms with Crippen molar-refractivity contribution in [2.45, 2.75) is 6.92 Å². The molecule has 4 nitrogen and oxygen atoms in total. The molecule has 0 bridgehead atoms. The van der Waals surface area contributed by atoms with Crippen LogP contribution in [0.15, 0.2) is 12.4 Å². The Balaban J connectivity index is 2.92. The molecule has 2 aromatic rings. The minimum atomic E-state index is 0.938. The van der Waals surface area contributed by atoms with Crippen LogP contribution in [0, 0.1) is 6.92 Å². The van der Waals surface area contributed by atoms with E-state index in [0.717, 1.165) is 11.3 Å². The van der Waals surface area contributed by atoms with E-state index >= 15 is 0 Å². The molecule has 0 unspecified atom stereocenters. The van der Waals surface area contributed by atoms with Crippen molar-refractivity contribution in [1.29, 1.82) is 0 Å². The van der Waals surface area contributed by atoms with Crippen molar-refractivity contribution in [3.8, 4) is 0 Å². The Labute approximate surface area is 51.5 Å². The number of hydrogen-bond acceptors (Lipinski definition) is 2. The lowest BCUT2D eigenvalue weighted by atomic mass is 10.5. The highest BCUT2D eigenvalue weighted by atomic mass is 15.4. The molecule has 0 fully saturated rings. The second-order valence-electron chi connectivity index (χ2n) is 1.95. The summed E-state index contributed by atoms with van der Waals surface area (Å²) in [6.45, 7) is 1.93. The summed E-state index contributed by atoms with van der Waals surface area (Å²) < 4.78 is 1.56. The number of aromatic nitrogens is 4. The molecule has 0 radical (unpaired) electrons. The lowest BCUT2D eigenvalue weighted by Gasteiger charge is -1.72. The number of nitrogens with one attached hydrogen (secondary N) is 1. The van der Waals surface area contributed by atoms with E-state index in [1.165, 1.54) is 0 Å². The normalized spacial score (nSPS) is 10.8. The van der Waals surface area contributed by atoms with E-state index in [2.05, 4.69) is 15.2 Å². The highest BCUT2D eigenvalue weighted by Crippen LogP contribution is 1.97. The molecular weight excluding hydrogens is 116 g/mol. The Kier molecular flexibility index (Phi) is 0.677. The monoisotopic (exact) mass is 122 g/mol. The van der Waals surface area contributed by atoms with Gasteiger partial charge < -0.3 is 4.98 Å². The summed E-state index contributed by atoms with van der Waals surface area (Å²) in [7, 11) is 0. The SMILES string of the molecule is Cc1cc2[nH]cnn2n1. The highest BCUT2D eigenvalue weighted by molar-refractivity contribution is 5.36. The zero-order chi connectivity index (χ0) is 6.27. The first-order chi connectivity index (χ1) is 4.36. The average Bonchev–Trinajstić information content (AvgIpc) is 2.22. The van der Waals surface area contributed by atoms with Crippen molar-refractivity contribution in [1.82, 2.24) is 19.8 Å². The summed E-state index contributed by atoms with van der Waals surface area (Å²) in [6, 6.07) is 1.94. The van der Waals surface area contributed by atoms with Crippen molar-refractivity contribution < 1.29 is 0 Å². The van der Waals surface area contributed by atoms with Crippen LogP contribution in [0.5, 0.6) is 0 Å². The maximum atomic E-state index is 4.05. The molecule has 0 spiro atoms. The Morgan fingerprint density at radius 2 is 2.56 bits per heavy atom. The maximum absolute atomic E-state index is 4.05. The largest absolute Gasteiger partial charge is 0.328 e. The van der Waals surface area contributed by atoms with Gasteiger partial charge in [-0.2, -0.15) is 5.10 Å². The van der Waals surface area contributed by atoms with Gasteiger partial charge in [0.1, 0.15) is 6.33 Å². The van der Waals surface area contributed by atoms with Gasteiger partial charge in [0.15, 0.2) is 5.65 Å². The Bertz CT molecular complexity index is 290. The molecule has 0 aliphatic heterocycles. The molecule has 2 aromatic heterocycles. The predicted molar refractivity (Wildman–Crippen MR) is 32.1 cm³/mol. The minimum absolute atomic E-state index is 0.938. The van der Waals surface area contributed by atoms with Gasteiger partial charge in [-0.1, -0.05) is 0 Å². The van der Waals surface area contributed by atoms with Crippen LogP contribution < -0.4 is 0 Å². The molecule has 2 rings (SSSR count). The Morgan fingerprint density at radius 3 is 3.33 bits per heavy atom. The van der Waals surface area contributed by atoms with E-state index in [-0.39, 0.29) is 0 Å². The van der Waals surface area contributed by atoms with E-state index in [1.54, 1.807) is 11.0 Å². The van der Waals surface area contributed by atoms with Crippen molar-refractivity contribution in [2.75, 3.05) is 0 Å². The summed E-state index contributed by atoms with van der Waals surface area (Å²) in [5.41, 5.74) is 1.92. The fraction of sp³-hybridized carbons (Fsp3) is 0.200. The van der Waals surface area contributed by atoms with E-state index in [4.69, 9.17) is 0 Å². The first-order valence-corrected chi connectivity index (χ1v) is 2.72. The summed E-state index contributed by atoms with van der Waals surface area (Å²) in [5, 5.41) is 7.94. The molecule has 46 valence electrons. The van der Waals surface area contributed by atoms with Crippen molar-refractivity contribution in [3.63, 3.8) is 0 Å². The maximum Gasteiger partial charge on any atom is 0.155 e. The Hall–Kier alpha value is -1.32. The third kappa shape index (κ3) is 0.526. The lowest BCUT2D eigenvalue weighted by molar-refractivity contribution is 0.807. The van der Waals surface area contributed by atoms with Crippen molar-refractivity contribution in [3.05, 3.63) is 18.1 Å². The number of aryl methyl sites for hydroxylation is 1. The van der Waals surface area contributed by atoms with E-state index in [1.807, 2.05) is 13.0 Å². The van der Waals surface area contributed by atoms with Crippen LogP contribution in [0.4, 0.5) is 0 Å². The van der Waals surface area contributed by atoms with Crippen molar-refractivity contribution in [2.24, 2.45) is 0 Å². The smallest absolute Gasteiger partial charge is 0.155 e. The number of fused-ring (bicyclic) bond motifs is 1. The summed E-state index contributed by atoms with van der Waals surface area (Å²) in [4.78, 5) is 2.93. The molecule has 0 saturated carbocycles. The fourth-order valence-electron chi connectivity index (χ4n) is 0.825. The lowest BCUT2D eigenvalue weighted by Crippen LogP contribution is -1.84. The van der Waals surface area contributed by atoms with Gasteiger partial charge >= 0.3 is 0 Å². The summed E-state index contributed by atoms with van der Waals surface area (Å²) in [5.74, 6) is 0. The Morgan fingerprint density at radius 1 is 1.67 bits per heavy atom. The van der Waals surface area contributed by atoms with Gasteiger partial charge in [0.2, 0.25) is 0 Å². The molecule has 0 aromatic carbocycles. The van der Waals surface area contributed by atoms with E-state index in [9.17, 15) is 0 Å². The van der Waals surface area contributed by atoms with Gasteiger partial charge in [-0.05, 0) is 6.92 Å². The van der Waals surface area contributed by atoms with Crippen LogP contribution in [-0.4, -0.2) is 19.8 Å². The molecule has 0 saturated heterocycles. The molecule has 0 aliphatic rings. The first kappa shape index (κ1) is 4.55. The van der Waals surface area contributed by atoms with Gasteiger partial charge in [-0.15, -0.1) is 9.73 Å². The summed E-state index contributed by atoms with van der Waals surface area (Å²) >= 11 is 0. The quantitative estimate of drug-likeness (QED) is 0.548. The number of rotatable bonds is 0. The summed E-state index contributed by atoms with van der Waals surface area (Å²) in [6.07, 6.45) is 1.61. The molecule has 0 aliphatic carbocycles. The third-order valence-corrected chi connectivity index (χ3v) is 1.19. The molecule has 9 heavy (non-hydrogen) atoms. The predicted octanol–water partition coefficient (Wildman–Crippen LogP) is 0.366. The van der Waals surface area contributed by atoms with Crippen molar-refractivity contribution >= 4 is 5.65 Å². The fourth-order valence-corrected chi connectivity index (χ4v) is 0.825. The molecule has 4 heteroatoms. The highest BCUT2D eigenvalue weighted by Gasteiger charge is 1.95. The molecular formula is C5H6N4. The van der Waals surface area contributed by atoms with Gasteiger partial charge in [-0.3, -0.25) is 0 Å². The van der Waals surface area contributed by atoms with E-state index in [0.29, 0.717) is 0 Å².